The lowest BCUT2D eigenvalue weighted by Crippen LogP contribution is -2.52. The summed E-state index contributed by atoms with van der Waals surface area (Å²) in [4.78, 5) is 25.3. The predicted molar refractivity (Wildman–Crippen MR) is 64.3 cm³/mol. The van der Waals surface area contributed by atoms with Crippen molar-refractivity contribution in [2.24, 2.45) is 0 Å². The molecule has 2 rings (SSSR count). The number of aromatic nitrogens is 2. The Morgan fingerprint density at radius 2 is 2.33 bits per heavy atom. The van der Waals surface area contributed by atoms with Gasteiger partial charge in [-0.15, -0.1) is 0 Å². The van der Waals surface area contributed by atoms with E-state index in [-0.39, 0.29) is 11.6 Å². The van der Waals surface area contributed by atoms with Gasteiger partial charge in [0.15, 0.2) is 0 Å². The number of carbonyl (C=O) groups is 2. The number of carboxylic acid groups (broad SMARTS) is 1. The van der Waals surface area contributed by atoms with E-state index in [9.17, 15) is 14.7 Å². The summed E-state index contributed by atoms with van der Waals surface area (Å²) in [5, 5.41) is 16.0. The van der Waals surface area contributed by atoms with Crippen molar-refractivity contribution in [1.29, 1.82) is 0 Å². The third-order valence-electron chi connectivity index (χ3n) is 3.64. The fourth-order valence-electron chi connectivity index (χ4n) is 2.58. The lowest BCUT2D eigenvalue weighted by atomic mass is 9.93. The van der Waals surface area contributed by atoms with E-state index in [1.807, 2.05) is 0 Å². The zero-order chi connectivity index (χ0) is 13.3. The number of carboxylic acids is 1. The van der Waals surface area contributed by atoms with Gasteiger partial charge in [-0.1, -0.05) is 6.92 Å². The molecular formula is C12H17N3O3. The molecule has 1 unspecified atom stereocenters. The van der Waals surface area contributed by atoms with E-state index in [1.54, 1.807) is 19.9 Å². The molecule has 0 bridgehead atoms. The molecule has 0 aromatic carbocycles. The number of carbonyl (C=O) groups excluding carboxylic acids is 1. The number of H-pyrrole nitrogens is 1. The van der Waals surface area contributed by atoms with Crippen LogP contribution < -0.4 is 0 Å². The summed E-state index contributed by atoms with van der Waals surface area (Å²) >= 11 is 0. The van der Waals surface area contributed by atoms with Gasteiger partial charge in [-0.05, 0) is 32.3 Å². The first kappa shape index (κ1) is 12.6. The molecule has 1 aliphatic rings. The Bertz CT molecular complexity index is 483. The Hall–Kier alpha value is -1.85. The van der Waals surface area contributed by atoms with Gasteiger partial charge in [0.05, 0.1) is 0 Å². The summed E-state index contributed by atoms with van der Waals surface area (Å²) in [6.45, 7) is 4.08. The first-order chi connectivity index (χ1) is 8.51. The summed E-state index contributed by atoms with van der Waals surface area (Å²) in [5.74, 6) is -1.23. The standard InChI is InChI=1S/C12H17N3O3/c1-3-12(11(17)18)5-4-6-15(12)10(16)9-7-8(2)13-14-9/h7H,3-6H2,1-2H3,(H,13,14)(H,17,18). The third kappa shape index (κ3) is 1.77. The molecule has 1 fully saturated rings. The van der Waals surface area contributed by atoms with E-state index in [0.29, 0.717) is 19.4 Å². The van der Waals surface area contributed by atoms with Crippen LogP contribution in [-0.2, 0) is 4.79 Å². The van der Waals surface area contributed by atoms with Gasteiger partial charge in [-0.3, -0.25) is 9.89 Å². The van der Waals surface area contributed by atoms with Crippen LogP contribution in [0.4, 0.5) is 0 Å². The van der Waals surface area contributed by atoms with Crippen molar-refractivity contribution in [1.82, 2.24) is 15.1 Å². The maximum absolute atomic E-state index is 12.3. The molecule has 2 N–H and O–H groups in total. The second-order valence-corrected chi connectivity index (χ2v) is 4.69. The lowest BCUT2D eigenvalue weighted by molar-refractivity contribution is -0.148. The van der Waals surface area contributed by atoms with E-state index in [4.69, 9.17) is 0 Å². The average molecular weight is 251 g/mol. The number of nitrogens with one attached hydrogen (secondary N) is 1. The maximum Gasteiger partial charge on any atom is 0.329 e. The molecule has 0 aliphatic carbocycles. The Morgan fingerprint density at radius 3 is 2.83 bits per heavy atom. The molecule has 1 amide bonds. The highest BCUT2D eigenvalue weighted by Crippen LogP contribution is 2.33. The Morgan fingerprint density at radius 1 is 1.61 bits per heavy atom. The molecule has 1 aromatic rings. The summed E-state index contributed by atoms with van der Waals surface area (Å²) in [5.41, 5.74) is 0.00710. The van der Waals surface area contributed by atoms with Gasteiger partial charge < -0.3 is 10.0 Å². The zero-order valence-electron chi connectivity index (χ0n) is 10.6. The molecule has 1 aromatic heterocycles. The van der Waals surface area contributed by atoms with Crippen LogP contribution in [0.15, 0.2) is 6.07 Å². The van der Waals surface area contributed by atoms with Gasteiger partial charge in [0, 0.05) is 12.2 Å². The predicted octanol–water partition coefficient (Wildman–Crippen LogP) is 1.19. The van der Waals surface area contributed by atoms with Crippen LogP contribution in [0, 0.1) is 6.92 Å². The quantitative estimate of drug-likeness (QED) is 0.844. The molecule has 0 spiro atoms. The monoisotopic (exact) mass is 251 g/mol. The number of hydrogen-bond donors (Lipinski definition) is 2. The van der Waals surface area contributed by atoms with E-state index < -0.39 is 11.5 Å². The van der Waals surface area contributed by atoms with Crippen molar-refractivity contribution < 1.29 is 14.7 Å². The van der Waals surface area contributed by atoms with E-state index in [2.05, 4.69) is 10.2 Å². The van der Waals surface area contributed by atoms with Gasteiger partial charge in [0.2, 0.25) is 0 Å². The smallest absolute Gasteiger partial charge is 0.329 e. The van der Waals surface area contributed by atoms with Crippen LogP contribution in [-0.4, -0.2) is 44.2 Å². The topological polar surface area (TPSA) is 86.3 Å². The molecule has 1 atom stereocenters. The minimum atomic E-state index is -1.07. The summed E-state index contributed by atoms with van der Waals surface area (Å²) in [7, 11) is 0. The molecule has 6 nitrogen and oxygen atoms in total. The summed E-state index contributed by atoms with van der Waals surface area (Å²) in [6.07, 6.45) is 1.64. The molecule has 1 saturated heterocycles. The molecular weight excluding hydrogens is 234 g/mol. The minimum absolute atomic E-state index is 0.286. The summed E-state index contributed by atoms with van der Waals surface area (Å²) in [6, 6.07) is 1.64. The zero-order valence-corrected chi connectivity index (χ0v) is 10.6. The third-order valence-corrected chi connectivity index (χ3v) is 3.64. The van der Waals surface area contributed by atoms with Crippen LogP contribution in [0.5, 0.6) is 0 Å². The average Bonchev–Trinajstić information content (AvgIpc) is 2.94. The number of amides is 1. The Labute approximate surface area is 105 Å². The van der Waals surface area contributed by atoms with Crippen LogP contribution >= 0.6 is 0 Å². The maximum atomic E-state index is 12.3. The van der Waals surface area contributed by atoms with Crippen molar-refractivity contribution in [2.45, 2.75) is 38.6 Å². The highest BCUT2D eigenvalue weighted by molar-refractivity contribution is 5.97. The molecule has 6 heteroatoms. The Kier molecular flexibility index (Phi) is 3.11. The second-order valence-electron chi connectivity index (χ2n) is 4.69. The molecule has 18 heavy (non-hydrogen) atoms. The number of likely N-dealkylation sites (tertiary alicyclic amines) is 1. The number of aliphatic carboxylic acids is 1. The number of nitrogens with zero attached hydrogens (tertiary/aromatic N) is 2. The van der Waals surface area contributed by atoms with Gasteiger partial charge >= 0.3 is 5.97 Å². The normalized spacial score (nSPS) is 23.3. The van der Waals surface area contributed by atoms with Crippen molar-refractivity contribution in [2.75, 3.05) is 6.54 Å². The van der Waals surface area contributed by atoms with Gasteiger partial charge in [0.1, 0.15) is 11.2 Å². The SMILES string of the molecule is CCC1(C(=O)O)CCCN1C(=O)c1cc(C)[nH]n1. The van der Waals surface area contributed by atoms with Gasteiger partial charge in [-0.25, -0.2) is 4.79 Å². The van der Waals surface area contributed by atoms with Crippen molar-refractivity contribution in [3.05, 3.63) is 17.5 Å². The van der Waals surface area contributed by atoms with Crippen LogP contribution in [0.2, 0.25) is 0 Å². The summed E-state index contributed by atoms with van der Waals surface area (Å²) < 4.78 is 0. The molecule has 98 valence electrons. The fourth-order valence-corrected chi connectivity index (χ4v) is 2.58. The minimum Gasteiger partial charge on any atom is -0.479 e. The van der Waals surface area contributed by atoms with Crippen molar-refractivity contribution in [3.63, 3.8) is 0 Å². The van der Waals surface area contributed by atoms with E-state index in [1.165, 1.54) is 4.90 Å². The largest absolute Gasteiger partial charge is 0.479 e. The van der Waals surface area contributed by atoms with Gasteiger partial charge in [-0.2, -0.15) is 5.10 Å². The number of hydrogen-bond acceptors (Lipinski definition) is 3. The Balaban J connectivity index is 2.32. The first-order valence-corrected chi connectivity index (χ1v) is 6.08. The van der Waals surface area contributed by atoms with Crippen LogP contribution in [0.25, 0.3) is 0 Å². The molecule has 0 saturated carbocycles. The highest BCUT2D eigenvalue weighted by Gasteiger charge is 2.49. The van der Waals surface area contributed by atoms with E-state index in [0.717, 1.165) is 12.1 Å². The van der Waals surface area contributed by atoms with Crippen molar-refractivity contribution >= 4 is 11.9 Å². The van der Waals surface area contributed by atoms with Gasteiger partial charge in [0.25, 0.3) is 5.91 Å². The molecule has 2 heterocycles. The van der Waals surface area contributed by atoms with E-state index >= 15 is 0 Å². The highest BCUT2D eigenvalue weighted by atomic mass is 16.4. The fraction of sp³-hybridized carbons (Fsp3) is 0.583. The second kappa shape index (κ2) is 4.44. The number of rotatable bonds is 3. The molecule has 1 aliphatic heterocycles. The van der Waals surface area contributed by atoms with Crippen LogP contribution in [0.1, 0.15) is 42.4 Å². The lowest BCUT2D eigenvalue weighted by Gasteiger charge is -2.33. The van der Waals surface area contributed by atoms with Crippen molar-refractivity contribution in [3.8, 4) is 0 Å². The molecule has 0 radical (unpaired) electrons. The number of aryl methyl sites for hydroxylation is 1. The van der Waals surface area contributed by atoms with Crippen LogP contribution in [0.3, 0.4) is 0 Å². The number of aromatic amines is 1. The first-order valence-electron chi connectivity index (χ1n) is 6.08.